The van der Waals surface area contributed by atoms with Gasteiger partial charge in [-0.25, -0.2) is 45.1 Å². The highest BCUT2D eigenvalue weighted by atomic mass is 19.2. The molecule has 38 heteroatoms. The van der Waals surface area contributed by atoms with Crippen LogP contribution in [0.2, 0.25) is 0 Å². The number of rotatable bonds is 33. The quantitative estimate of drug-likeness (QED) is 0.00396. The number of aliphatic hydroxyl groups excluding tert-OH is 2. The van der Waals surface area contributed by atoms with Crippen molar-refractivity contribution >= 4 is 64.3 Å². The summed E-state index contributed by atoms with van der Waals surface area (Å²) in [6.07, 6.45) is -0.591. The van der Waals surface area contributed by atoms with Crippen LogP contribution in [0.4, 0.5) is 79.2 Å². The molecule has 0 saturated carbocycles. The number of carbonyl (C=O) groups excluding carboxylic acids is 5. The first-order chi connectivity index (χ1) is 69.7. The average Bonchev–Trinajstić information content (AvgIpc) is 1.67. The average molecular weight is 1980 g/mol. The number of esters is 1. The molecule has 144 heavy (non-hydrogen) atoms. The number of non-ortho nitro benzene ring substituents is 2. The highest BCUT2D eigenvalue weighted by molar-refractivity contribution is 5.93. The molecule has 4 amide bonds. The molecule has 31 nitrogen and oxygen atoms in total. The summed E-state index contributed by atoms with van der Waals surface area (Å²) >= 11 is 0. The summed E-state index contributed by atoms with van der Waals surface area (Å²) < 4.78 is 152. The number of nitrogens with one attached hydrogen (secondary N) is 1. The van der Waals surface area contributed by atoms with E-state index in [9.17, 15) is 74.9 Å². The first kappa shape index (κ1) is 109. The van der Waals surface area contributed by atoms with Gasteiger partial charge in [0.15, 0.2) is 76.1 Å². The molecule has 0 bridgehead atoms. The summed E-state index contributed by atoms with van der Waals surface area (Å²) in [5.74, 6) is -4.56. The molecule has 0 spiro atoms. The summed E-state index contributed by atoms with van der Waals surface area (Å²) in [5, 5.41) is 44.0. The van der Waals surface area contributed by atoms with Crippen molar-refractivity contribution in [3.8, 4) is 34.5 Å². The van der Waals surface area contributed by atoms with E-state index in [4.69, 9.17) is 67.8 Å². The van der Waals surface area contributed by atoms with Crippen molar-refractivity contribution in [2.75, 3.05) is 72.6 Å². The molecule has 0 radical (unpaired) electrons. The van der Waals surface area contributed by atoms with Crippen LogP contribution < -0.4 is 48.4 Å². The highest BCUT2D eigenvalue weighted by Crippen LogP contribution is 2.34. The molecule has 3 N–H and O–H groups in total. The molecule has 4 aliphatic rings. The third kappa shape index (κ3) is 36.9. The van der Waals surface area contributed by atoms with Crippen LogP contribution in [-0.4, -0.2) is 127 Å². The largest absolute Gasteiger partial charge is 0.486 e. The van der Waals surface area contributed by atoms with Crippen molar-refractivity contribution < 1.29 is 127 Å². The number of para-hydroxylation sites is 1. The van der Waals surface area contributed by atoms with E-state index in [1.165, 1.54) is 69.3 Å². The van der Waals surface area contributed by atoms with Gasteiger partial charge in [0.1, 0.15) is 69.8 Å². The van der Waals surface area contributed by atoms with E-state index in [1.807, 2.05) is 214 Å². The summed E-state index contributed by atoms with van der Waals surface area (Å²) in [6.45, 7) is 6.98. The Bertz CT molecular complexity index is 6210. The summed E-state index contributed by atoms with van der Waals surface area (Å²) in [4.78, 5) is 83.6. The van der Waals surface area contributed by atoms with E-state index in [0.717, 1.165) is 65.0 Å². The van der Waals surface area contributed by atoms with E-state index in [2.05, 4.69) is 15.3 Å². The molecule has 4 heterocycles. The fourth-order valence-corrected chi connectivity index (χ4v) is 12.8. The number of cyclic esters (lactones) is 3. The third-order valence-corrected chi connectivity index (χ3v) is 20.4. The van der Waals surface area contributed by atoms with E-state index >= 15 is 0 Å². The second kappa shape index (κ2) is 58.1. The number of halogens is 7. The molecular formula is C106H100F7N9O22. The lowest BCUT2D eigenvalue weighted by Crippen LogP contribution is -2.25. The Labute approximate surface area is 822 Å². The van der Waals surface area contributed by atoms with Gasteiger partial charge in [0, 0.05) is 53.4 Å². The molecule has 750 valence electrons. The van der Waals surface area contributed by atoms with E-state index in [0.29, 0.717) is 66.8 Å². The number of nitrogens with zero attached hydrogens (tertiary/aromatic N) is 8. The van der Waals surface area contributed by atoms with Crippen LogP contribution in [-0.2, 0) is 72.9 Å². The summed E-state index contributed by atoms with van der Waals surface area (Å²) in [7, 11) is 0. The SMILES string of the molecule is CCCC(=O)OCC1CO1.CC[C@H]1CN(c2ccc(OCc3ccccc3)c(F)c2)C(=O)O1.O=C(COc1ccccc1)Nc1ccc(OCc2ccccc2)c(F)c1.O=C1O[C@@H](CO)CN1c1ccc(OCc2ccccc2)c(F)c1.O=[N+]([O-])c1ccc(F)c(F)c1.O=[N+]([O-])c1ccc(OCc2ccccc2)c(F)c1.OCc1ccccc1.[N-]=[N+]=NC[C@H]1CN(c2ccc(OCc3ccccc3)c(F)c2)C(=O)O1. The molecule has 4 fully saturated rings. The fourth-order valence-electron chi connectivity index (χ4n) is 12.8. The van der Waals surface area contributed by atoms with E-state index < -0.39 is 86.7 Å². The second-order valence-electron chi connectivity index (χ2n) is 31.1. The molecule has 0 aromatic heterocycles. The van der Waals surface area contributed by atoms with Crippen molar-refractivity contribution in [1.82, 2.24) is 0 Å². The number of hydrogen-bond donors (Lipinski definition) is 3. The van der Waals surface area contributed by atoms with Crippen LogP contribution in [0.1, 0.15) is 66.5 Å². The van der Waals surface area contributed by atoms with Gasteiger partial charge in [-0.3, -0.25) is 44.5 Å². The van der Waals surface area contributed by atoms with Crippen molar-refractivity contribution in [1.29, 1.82) is 0 Å². The zero-order valence-electron chi connectivity index (χ0n) is 77.7. The Morgan fingerprint density at radius 1 is 0.424 bits per heavy atom. The maximum atomic E-state index is 14.3. The van der Waals surface area contributed by atoms with Gasteiger partial charge in [0.25, 0.3) is 17.3 Å². The van der Waals surface area contributed by atoms with Crippen molar-refractivity contribution in [3.05, 3.63) is 426 Å². The normalized spacial score (nSPS) is 14.2. The number of epoxide rings is 1. The van der Waals surface area contributed by atoms with Crippen molar-refractivity contribution in [3.63, 3.8) is 0 Å². The predicted octanol–water partition coefficient (Wildman–Crippen LogP) is 22.4. The molecule has 4 saturated heterocycles. The standard InChI is InChI=1S/C21H18FNO3.C18H18FNO3.C17H15FN4O3.C17H16FNO4.C13H10FNO3.C7H12O3.C7H8O.C6H3F2NO2/c22-19-13-17(23-21(24)15-25-18-9-5-2-6-10-18)11-12-20(19)26-14-16-7-3-1-4-8-16;1-2-15-11-20(18(21)23-15)14-8-9-17(16(19)10-14)22-12-13-6-4-3-5-7-13;18-15-8-13(22-10-14(9-20-21-19)25-17(22)23)6-7-16(15)24-11-12-4-2-1-3-5-12;18-15-8-13(19-9-14(10-20)23-17(19)21)6-7-16(15)22-11-12-4-2-1-3-5-12;14-12-8-11(15(16)17)6-7-13(12)18-9-10-4-2-1-3-5-10;1-2-3-7(8)10-5-6-4-9-6;8-6-7-4-2-1-3-5-7;7-5-2-1-4(9(10)11)3-6(5)8/h1-13H,14-15H2,(H,23,24);3-10,15H,2,11-12H2,1H3;1-8,14H,9-11H2;1-8,14,20H,9-11H2;1-8H,9H2;6H,2-5H2,1H3;1-5,8H,6H2;1-3H/t;15-;2*14-;;;;/m.001..../s1. The lowest BCUT2D eigenvalue weighted by molar-refractivity contribution is -0.385. The molecule has 17 rings (SSSR count). The summed E-state index contributed by atoms with van der Waals surface area (Å²) in [5.41, 5.74) is 14.8. The number of carbonyl (C=O) groups is 5. The molecule has 13 aromatic carbocycles. The monoisotopic (exact) mass is 1980 g/mol. The van der Waals surface area contributed by atoms with Gasteiger partial charge in [-0.1, -0.05) is 219 Å². The van der Waals surface area contributed by atoms with Gasteiger partial charge in [-0.2, -0.15) is 0 Å². The van der Waals surface area contributed by atoms with E-state index in [1.54, 1.807) is 42.5 Å². The van der Waals surface area contributed by atoms with Gasteiger partial charge in [0.05, 0.1) is 85.0 Å². The number of hydrogen-bond acceptors (Lipinski definition) is 23. The van der Waals surface area contributed by atoms with Crippen LogP contribution in [0.25, 0.3) is 10.4 Å². The Morgan fingerprint density at radius 3 is 1.09 bits per heavy atom. The number of benzene rings is 13. The van der Waals surface area contributed by atoms with Gasteiger partial charge >= 0.3 is 24.2 Å². The molecule has 0 aliphatic carbocycles. The topological polar surface area (TPSA) is 387 Å². The first-order valence-corrected chi connectivity index (χ1v) is 44.8. The Balaban J connectivity index is 0.000000173. The van der Waals surface area contributed by atoms with Crippen LogP contribution in [0.15, 0.2) is 327 Å². The van der Waals surface area contributed by atoms with E-state index in [-0.39, 0.29) is 124 Å². The number of nitro groups is 2. The van der Waals surface area contributed by atoms with Gasteiger partial charge in [-0.05, 0) is 125 Å². The molecule has 4 atom stereocenters. The maximum Gasteiger partial charge on any atom is 0.414 e. The first-order valence-electron chi connectivity index (χ1n) is 44.8. The zero-order valence-corrected chi connectivity index (χ0v) is 77.7. The summed E-state index contributed by atoms with van der Waals surface area (Å²) in [6, 6.07) is 88.6. The van der Waals surface area contributed by atoms with Crippen molar-refractivity contribution in [2.45, 2.75) is 97.2 Å². The van der Waals surface area contributed by atoms with Crippen LogP contribution in [0.3, 0.4) is 0 Å². The fraction of sp³-hybridized carbons (Fsp3) is 0.217. The lowest BCUT2D eigenvalue weighted by Gasteiger charge is -2.14. The number of anilines is 4. The molecule has 13 aromatic rings. The molecular weight excluding hydrogens is 1880 g/mol. The number of ether oxygens (including phenoxy) is 11. The van der Waals surface area contributed by atoms with Gasteiger partial charge < -0.3 is 67.6 Å². The number of nitro benzene ring substituents is 2. The predicted molar refractivity (Wildman–Crippen MR) is 518 cm³/mol. The second-order valence-corrected chi connectivity index (χ2v) is 31.1. The highest BCUT2D eigenvalue weighted by Gasteiger charge is 2.35. The van der Waals surface area contributed by atoms with Crippen LogP contribution in [0, 0.1) is 60.9 Å². The van der Waals surface area contributed by atoms with Crippen molar-refractivity contribution in [2.24, 2.45) is 5.11 Å². The minimum absolute atomic E-state index is 0.00412. The number of aliphatic hydroxyl groups is 2. The minimum Gasteiger partial charge on any atom is -0.486 e. The smallest absolute Gasteiger partial charge is 0.414 e. The van der Waals surface area contributed by atoms with Crippen LogP contribution in [0.5, 0.6) is 34.5 Å². The lowest BCUT2D eigenvalue weighted by atomic mass is 10.2. The van der Waals surface area contributed by atoms with Crippen LogP contribution >= 0.6 is 0 Å². The molecule has 4 aliphatic heterocycles. The third-order valence-electron chi connectivity index (χ3n) is 20.4. The Kier molecular flexibility index (Phi) is 43.9. The Morgan fingerprint density at radius 2 is 0.764 bits per heavy atom. The number of amides is 4. The number of azide groups is 1. The Hall–Kier alpha value is -17.1. The van der Waals surface area contributed by atoms with Gasteiger partial charge in [-0.15, -0.1) is 0 Å². The zero-order chi connectivity index (χ0) is 103. The minimum atomic E-state index is -1.21. The maximum absolute atomic E-state index is 14.3. The van der Waals surface area contributed by atoms with Gasteiger partial charge in [0.2, 0.25) is 0 Å². The molecule has 1 unspecified atom stereocenters.